The van der Waals surface area contributed by atoms with Crippen molar-refractivity contribution in [3.63, 3.8) is 0 Å². The summed E-state index contributed by atoms with van der Waals surface area (Å²) in [6.45, 7) is 11.6. The van der Waals surface area contributed by atoms with Gasteiger partial charge in [0.1, 0.15) is 0 Å². The van der Waals surface area contributed by atoms with Crippen LogP contribution in [0.4, 0.5) is 0 Å². The van der Waals surface area contributed by atoms with Crippen LogP contribution in [-0.2, 0) is 6.54 Å². The van der Waals surface area contributed by atoms with Gasteiger partial charge in [0.05, 0.1) is 6.54 Å². The fraction of sp³-hybridized carbons (Fsp3) is 0.846. The summed E-state index contributed by atoms with van der Waals surface area (Å²) in [5.74, 6) is 2.94. The third-order valence-electron chi connectivity index (χ3n) is 3.28. The van der Waals surface area contributed by atoms with Gasteiger partial charge in [-0.05, 0) is 44.8 Å². The Hall–Kier alpha value is -0.940. The Kier molecular flexibility index (Phi) is 4.72. The van der Waals surface area contributed by atoms with Crippen molar-refractivity contribution in [1.29, 1.82) is 0 Å². The highest BCUT2D eigenvalue weighted by Crippen LogP contribution is 2.17. The monoisotopic (exact) mass is 252 g/mol. The molecule has 102 valence electrons. The summed E-state index contributed by atoms with van der Waals surface area (Å²) in [6, 6.07) is 0. The van der Waals surface area contributed by atoms with E-state index in [0.29, 0.717) is 0 Å². The topological polar surface area (TPSA) is 54.2 Å². The highest BCUT2D eigenvalue weighted by Gasteiger charge is 2.23. The van der Waals surface area contributed by atoms with Crippen molar-refractivity contribution in [2.75, 3.05) is 26.2 Å². The average Bonchev–Trinajstić information content (AvgIpc) is 2.89. The summed E-state index contributed by atoms with van der Waals surface area (Å²) in [5, 5.41) is 7.36. The molecule has 2 heterocycles. The third-order valence-corrected chi connectivity index (χ3v) is 3.28. The molecule has 5 nitrogen and oxygen atoms in total. The lowest BCUT2D eigenvalue weighted by atomic mass is 10.1. The van der Waals surface area contributed by atoms with Gasteiger partial charge in [-0.15, -0.1) is 0 Å². The molecule has 2 rings (SSSR count). The predicted molar refractivity (Wildman–Crippen MR) is 70.1 cm³/mol. The van der Waals surface area contributed by atoms with E-state index in [0.717, 1.165) is 56.3 Å². The molecule has 18 heavy (non-hydrogen) atoms. The summed E-state index contributed by atoms with van der Waals surface area (Å²) in [6.07, 6.45) is 1.26. The molecule has 1 N–H and O–H groups in total. The summed E-state index contributed by atoms with van der Waals surface area (Å²) in [7, 11) is 0. The lowest BCUT2D eigenvalue weighted by molar-refractivity contribution is 0.259. The number of rotatable bonds is 6. The molecule has 1 aromatic rings. The number of likely N-dealkylation sites (tertiary alicyclic amines) is 1. The van der Waals surface area contributed by atoms with Crippen molar-refractivity contribution in [2.24, 2.45) is 11.8 Å². The summed E-state index contributed by atoms with van der Waals surface area (Å²) in [5.41, 5.74) is 0. The van der Waals surface area contributed by atoms with E-state index in [1.165, 1.54) is 6.42 Å². The Labute approximate surface area is 109 Å². The summed E-state index contributed by atoms with van der Waals surface area (Å²) >= 11 is 0. The number of hydrogen-bond donors (Lipinski definition) is 1. The summed E-state index contributed by atoms with van der Waals surface area (Å²) < 4.78 is 5.16. The molecule has 0 aliphatic carbocycles. The Morgan fingerprint density at radius 2 is 2.33 bits per heavy atom. The maximum atomic E-state index is 5.16. The Morgan fingerprint density at radius 3 is 3.00 bits per heavy atom. The van der Waals surface area contributed by atoms with Crippen molar-refractivity contribution in [3.05, 3.63) is 11.7 Å². The zero-order chi connectivity index (χ0) is 13.0. The second-order valence-corrected chi connectivity index (χ2v) is 5.68. The average molecular weight is 252 g/mol. The molecule has 1 saturated heterocycles. The van der Waals surface area contributed by atoms with Crippen LogP contribution in [0.25, 0.3) is 0 Å². The normalized spacial score (nSPS) is 21.0. The predicted octanol–water partition coefficient (Wildman–Crippen LogP) is 1.45. The maximum Gasteiger partial charge on any atom is 0.240 e. The van der Waals surface area contributed by atoms with Crippen LogP contribution >= 0.6 is 0 Å². The number of hydrogen-bond acceptors (Lipinski definition) is 5. The van der Waals surface area contributed by atoms with E-state index < -0.39 is 0 Å². The highest BCUT2D eigenvalue weighted by molar-refractivity contribution is 4.85. The zero-order valence-corrected chi connectivity index (χ0v) is 11.6. The number of nitrogens with zero attached hydrogens (tertiary/aromatic N) is 3. The first-order valence-electron chi connectivity index (χ1n) is 6.85. The highest BCUT2D eigenvalue weighted by atomic mass is 16.5. The van der Waals surface area contributed by atoms with Crippen LogP contribution in [0.1, 0.15) is 32.0 Å². The van der Waals surface area contributed by atoms with E-state index in [-0.39, 0.29) is 0 Å². The van der Waals surface area contributed by atoms with Gasteiger partial charge in [-0.3, -0.25) is 4.90 Å². The van der Waals surface area contributed by atoms with E-state index in [1.54, 1.807) is 0 Å². The molecule has 0 amide bonds. The molecule has 0 radical (unpaired) electrons. The minimum absolute atomic E-state index is 0.722. The van der Waals surface area contributed by atoms with Gasteiger partial charge in [0.25, 0.3) is 0 Å². The van der Waals surface area contributed by atoms with Gasteiger partial charge >= 0.3 is 0 Å². The smallest absolute Gasteiger partial charge is 0.240 e. The standard InChI is InChI=1S/C13H24N4O/c1-10(2)6-14-7-12-4-5-17(8-12)9-13-15-11(3)16-18-13/h10,12,14H,4-9H2,1-3H3. The van der Waals surface area contributed by atoms with E-state index in [4.69, 9.17) is 4.52 Å². The van der Waals surface area contributed by atoms with Gasteiger partial charge in [-0.2, -0.15) is 4.98 Å². The van der Waals surface area contributed by atoms with E-state index in [1.807, 2.05) is 6.92 Å². The van der Waals surface area contributed by atoms with Crippen molar-refractivity contribution in [1.82, 2.24) is 20.4 Å². The van der Waals surface area contributed by atoms with E-state index in [2.05, 4.69) is 34.2 Å². The van der Waals surface area contributed by atoms with Crippen molar-refractivity contribution in [2.45, 2.75) is 33.7 Å². The fourth-order valence-corrected chi connectivity index (χ4v) is 2.39. The van der Waals surface area contributed by atoms with Crippen LogP contribution in [0.5, 0.6) is 0 Å². The zero-order valence-electron chi connectivity index (χ0n) is 11.6. The van der Waals surface area contributed by atoms with Crippen LogP contribution in [0.3, 0.4) is 0 Å². The molecule has 0 bridgehead atoms. The van der Waals surface area contributed by atoms with Gasteiger partial charge in [0.2, 0.25) is 5.89 Å². The molecule has 0 aromatic carbocycles. The van der Waals surface area contributed by atoms with Gasteiger partial charge in [0, 0.05) is 6.54 Å². The molecule has 1 fully saturated rings. The van der Waals surface area contributed by atoms with E-state index >= 15 is 0 Å². The molecule has 1 aromatic heterocycles. The fourth-order valence-electron chi connectivity index (χ4n) is 2.39. The van der Waals surface area contributed by atoms with E-state index in [9.17, 15) is 0 Å². The Morgan fingerprint density at radius 1 is 1.50 bits per heavy atom. The second-order valence-electron chi connectivity index (χ2n) is 5.68. The maximum absolute atomic E-state index is 5.16. The number of aryl methyl sites for hydroxylation is 1. The molecule has 1 aliphatic heterocycles. The van der Waals surface area contributed by atoms with Crippen molar-refractivity contribution in [3.8, 4) is 0 Å². The number of aromatic nitrogens is 2. The first-order valence-corrected chi connectivity index (χ1v) is 6.85. The van der Waals surface area contributed by atoms with Crippen LogP contribution in [0, 0.1) is 18.8 Å². The molecule has 0 saturated carbocycles. The molecule has 1 unspecified atom stereocenters. The minimum atomic E-state index is 0.722. The van der Waals surface area contributed by atoms with Crippen molar-refractivity contribution >= 4 is 0 Å². The van der Waals surface area contributed by atoms with Crippen LogP contribution in [-0.4, -0.2) is 41.2 Å². The van der Waals surface area contributed by atoms with Gasteiger partial charge < -0.3 is 9.84 Å². The molecule has 1 aliphatic rings. The SMILES string of the molecule is Cc1noc(CN2CCC(CNCC(C)C)C2)n1. The van der Waals surface area contributed by atoms with Crippen LogP contribution in [0.15, 0.2) is 4.52 Å². The second kappa shape index (κ2) is 6.29. The third kappa shape index (κ3) is 4.07. The Balaban J connectivity index is 1.68. The first kappa shape index (κ1) is 13.5. The first-order chi connectivity index (χ1) is 8.63. The molecule has 1 atom stereocenters. The van der Waals surface area contributed by atoms with Gasteiger partial charge in [-0.25, -0.2) is 0 Å². The van der Waals surface area contributed by atoms with Crippen LogP contribution in [0.2, 0.25) is 0 Å². The Bertz CT molecular complexity index is 364. The minimum Gasteiger partial charge on any atom is -0.338 e. The van der Waals surface area contributed by atoms with Crippen LogP contribution < -0.4 is 5.32 Å². The lowest BCUT2D eigenvalue weighted by Gasteiger charge is -2.14. The van der Waals surface area contributed by atoms with Gasteiger partial charge in [-0.1, -0.05) is 19.0 Å². The van der Waals surface area contributed by atoms with Gasteiger partial charge in [0.15, 0.2) is 5.82 Å². The molecular weight excluding hydrogens is 228 g/mol. The largest absolute Gasteiger partial charge is 0.338 e. The number of nitrogens with one attached hydrogen (secondary N) is 1. The lowest BCUT2D eigenvalue weighted by Crippen LogP contribution is -2.28. The molecular formula is C13H24N4O. The molecule has 0 spiro atoms. The summed E-state index contributed by atoms with van der Waals surface area (Å²) in [4.78, 5) is 6.65. The quantitative estimate of drug-likeness (QED) is 0.830. The molecule has 5 heteroatoms. The van der Waals surface area contributed by atoms with Crippen molar-refractivity contribution < 1.29 is 4.52 Å².